The Labute approximate surface area is 137 Å². The molecule has 0 unspecified atom stereocenters. The van der Waals surface area contributed by atoms with E-state index in [4.69, 9.17) is 0 Å². The van der Waals surface area contributed by atoms with Crippen LogP contribution in [0.1, 0.15) is 19.2 Å². The molecule has 0 atom stereocenters. The Hall–Kier alpha value is -1.59. The molecule has 0 saturated carbocycles. The molecule has 1 saturated heterocycles. The number of hydrogen-bond acceptors (Lipinski definition) is 3. The maximum absolute atomic E-state index is 12.6. The molecule has 5 nitrogen and oxygen atoms in total. The van der Waals surface area contributed by atoms with Gasteiger partial charge in [0.1, 0.15) is 12.4 Å². The molecular formula is C16H23ClN4O. The molecule has 22 heavy (non-hydrogen) atoms. The SMILES string of the molecule is CCc1nc2ccccc2n1CC(=O)N1CCCNCC1.Cl. The Kier molecular flexibility index (Phi) is 5.80. The third-order valence-corrected chi connectivity index (χ3v) is 4.04. The molecule has 120 valence electrons. The van der Waals surface area contributed by atoms with Crippen LogP contribution in [0, 0.1) is 0 Å². The van der Waals surface area contributed by atoms with Crippen LogP contribution in [0.15, 0.2) is 24.3 Å². The van der Waals surface area contributed by atoms with Crippen molar-refractivity contribution in [2.45, 2.75) is 26.3 Å². The molecule has 1 aliphatic heterocycles. The zero-order chi connectivity index (χ0) is 14.7. The summed E-state index contributed by atoms with van der Waals surface area (Å²) in [5.41, 5.74) is 2.02. The van der Waals surface area contributed by atoms with Crippen LogP contribution in [-0.2, 0) is 17.8 Å². The first kappa shape index (κ1) is 16.8. The van der Waals surface area contributed by atoms with Crippen LogP contribution in [0.5, 0.6) is 0 Å². The molecule has 0 radical (unpaired) electrons. The molecule has 0 aliphatic carbocycles. The van der Waals surface area contributed by atoms with Crippen molar-refractivity contribution in [1.29, 1.82) is 0 Å². The highest BCUT2D eigenvalue weighted by Gasteiger charge is 2.18. The molecule has 1 aromatic heterocycles. The first-order valence-electron chi connectivity index (χ1n) is 7.72. The summed E-state index contributed by atoms with van der Waals surface area (Å²) in [4.78, 5) is 19.2. The third-order valence-electron chi connectivity index (χ3n) is 4.04. The minimum absolute atomic E-state index is 0. The van der Waals surface area contributed by atoms with Gasteiger partial charge in [-0.25, -0.2) is 4.98 Å². The minimum Gasteiger partial charge on any atom is -0.340 e. The Balaban J connectivity index is 0.00000176. The number of nitrogens with one attached hydrogen (secondary N) is 1. The number of benzene rings is 1. The van der Waals surface area contributed by atoms with E-state index in [0.717, 1.165) is 55.9 Å². The molecular weight excluding hydrogens is 300 g/mol. The van der Waals surface area contributed by atoms with E-state index in [1.54, 1.807) is 0 Å². The van der Waals surface area contributed by atoms with Crippen molar-refractivity contribution in [3.8, 4) is 0 Å². The number of aryl methyl sites for hydroxylation is 1. The predicted octanol–water partition coefficient (Wildman–Crippen LogP) is 1.84. The van der Waals surface area contributed by atoms with Crippen LogP contribution in [0.3, 0.4) is 0 Å². The van der Waals surface area contributed by atoms with E-state index in [1.165, 1.54) is 0 Å². The van der Waals surface area contributed by atoms with Crippen molar-refractivity contribution >= 4 is 29.3 Å². The van der Waals surface area contributed by atoms with Crippen molar-refractivity contribution in [3.63, 3.8) is 0 Å². The van der Waals surface area contributed by atoms with Gasteiger partial charge in [-0.05, 0) is 25.1 Å². The van der Waals surface area contributed by atoms with E-state index in [0.29, 0.717) is 6.54 Å². The van der Waals surface area contributed by atoms with Crippen LogP contribution in [0.4, 0.5) is 0 Å². The van der Waals surface area contributed by atoms with E-state index >= 15 is 0 Å². The second-order valence-corrected chi connectivity index (χ2v) is 5.44. The number of aromatic nitrogens is 2. The minimum atomic E-state index is 0. The number of amides is 1. The summed E-state index contributed by atoms with van der Waals surface area (Å²) in [6, 6.07) is 8.03. The fraction of sp³-hybridized carbons (Fsp3) is 0.500. The highest BCUT2D eigenvalue weighted by molar-refractivity contribution is 5.85. The number of fused-ring (bicyclic) bond motifs is 1. The Morgan fingerprint density at radius 3 is 2.91 bits per heavy atom. The van der Waals surface area contributed by atoms with Gasteiger partial charge in [-0.2, -0.15) is 0 Å². The Morgan fingerprint density at radius 1 is 1.27 bits per heavy atom. The second kappa shape index (κ2) is 7.61. The number of carbonyl (C=O) groups excluding carboxylic acids is 1. The summed E-state index contributed by atoms with van der Waals surface area (Å²) < 4.78 is 2.07. The van der Waals surface area contributed by atoms with Crippen molar-refractivity contribution in [3.05, 3.63) is 30.1 Å². The number of halogens is 1. The van der Waals surface area contributed by atoms with Crippen LogP contribution < -0.4 is 5.32 Å². The van der Waals surface area contributed by atoms with Gasteiger partial charge in [0.05, 0.1) is 11.0 Å². The Morgan fingerprint density at radius 2 is 2.09 bits per heavy atom. The highest BCUT2D eigenvalue weighted by Crippen LogP contribution is 2.16. The number of hydrogen-bond donors (Lipinski definition) is 1. The van der Waals surface area contributed by atoms with Gasteiger partial charge in [-0.15, -0.1) is 12.4 Å². The maximum atomic E-state index is 12.6. The average Bonchev–Trinajstić information content (AvgIpc) is 2.68. The summed E-state index contributed by atoms with van der Waals surface area (Å²) in [6.45, 7) is 6.00. The highest BCUT2D eigenvalue weighted by atomic mass is 35.5. The summed E-state index contributed by atoms with van der Waals surface area (Å²) in [5, 5.41) is 3.33. The smallest absolute Gasteiger partial charge is 0.242 e. The number of imidazole rings is 1. The molecule has 1 aliphatic rings. The molecule has 0 spiro atoms. The van der Waals surface area contributed by atoms with Crippen molar-refractivity contribution in [1.82, 2.24) is 19.8 Å². The number of para-hydroxylation sites is 2. The third kappa shape index (κ3) is 3.42. The summed E-state index contributed by atoms with van der Waals surface area (Å²) >= 11 is 0. The fourth-order valence-electron chi connectivity index (χ4n) is 2.90. The first-order chi connectivity index (χ1) is 10.3. The number of carbonyl (C=O) groups is 1. The Bertz CT molecular complexity index is 632. The van der Waals surface area contributed by atoms with Crippen LogP contribution >= 0.6 is 12.4 Å². The normalized spacial score (nSPS) is 15.4. The van der Waals surface area contributed by atoms with Gasteiger partial charge in [0, 0.05) is 26.1 Å². The van der Waals surface area contributed by atoms with E-state index in [2.05, 4.69) is 21.8 Å². The van der Waals surface area contributed by atoms with Gasteiger partial charge in [-0.1, -0.05) is 19.1 Å². The van der Waals surface area contributed by atoms with E-state index in [1.807, 2.05) is 29.2 Å². The predicted molar refractivity (Wildman–Crippen MR) is 90.4 cm³/mol. The zero-order valence-corrected chi connectivity index (χ0v) is 13.7. The van der Waals surface area contributed by atoms with Gasteiger partial charge in [0.2, 0.25) is 5.91 Å². The molecule has 0 bridgehead atoms. The molecule has 3 rings (SSSR count). The standard InChI is InChI=1S/C16H22N4O.ClH/c1-2-15-18-13-6-3-4-7-14(13)20(15)12-16(21)19-10-5-8-17-9-11-19;/h3-4,6-7,17H,2,5,8-12H2,1H3;1H. The average molecular weight is 323 g/mol. The number of rotatable bonds is 3. The lowest BCUT2D eigenvalue weighted by Gasteiger charge is -2.21. The van der Waals surface area contributed by atoms with Gasteiger partial charge >= 0.3 is 0 Å². The summed E-state index contributed by atoms with van der Waals surface area (Å²) in [5.74, 6) is 1.18. The first-order valence-corrected chi connectivity index (χ1v) is 7.72. The van der Waals surface area contributed by atoms with Crippen molar-refractivity contribution in [2.75, 3.05) is 26.2 Å². The quantitative estimate of drug-likeness (QED) is 0.938. The summed E-state index contributed by atoms with van der Waals surface area (Å²) in [7, 11) is 0. The van der Waals surface area contributed by atoms with E-state index < -0.39 is 0 Å². The van der Waals surface area contributed by atoms with Gasteiger partial charge in [0.25, 0.3) is 0 Å². The number of nitrogens with zero attached hydrogens (tertiary/aromatic N) is 3. The van der Waals surface area contributed by atoms with Crippen LogP contribution in [0.25, 0.3) is 11.0 Å². The summed E-state index contributed by atoms with van der Waals surface area (Å²) in [6.07, 6.45) is 1.86. The topological polar surface area (TPSA) is 50.2 Å². The molecule has 1 aromatic carbocycles. The van der Waals surface area contributed by atoms with Crippen LogP contribution in [-0.4, -0.2) is 46.5 Å². The lowest BCUT2D eigenvalue weighted by Crippen LogP contribution is -2.36. The monoisotopic (exact) mass is 322 g/mol. The largest absolute Gasteiger partial charge is 0.340 e. The van der Waals surface area contributed by atoms with Crippen LogP contribution in [0.2, 0.25) is 0 Å². The zero-order valence-electron chi connectivity index (χ0n) is 12.9. The van der Waals surface area contributed by atoms with Gasteiger partial charge < -0.3 is 14.8 Å². The van der Waals surface area contributed by atoms with Gasteiger partial charge in [-0.3, -0.25) is 4.79 Å². The maximum Gasteiger partial charge on any atom is 0.242 e. The second-order valence-electron chi connectivity index (χ2n) is 5.44. The van der Waals surface area contributed by atoms with Crippen molar-refractivity contribution in [2.24, 2.45) is 0 Å². The molecule has 6 heteroatoms. The molecule has 2 aromatic rings. The molecule has 1 amide bonds. The van der Waals surface area contributed by atoms with E-state index in [-0.39, 0.29) is 18.3 Å². The molecule has 2 heterocycles. The van der Waals surface area contributed by atoms with Crippen molar-refractivity contribution < 1.29 is 4.79 Å². The lowest BCUT2D eigenvalue weighted by atomic mass is 10.3. The lowest BCUT2D eigenvalue weighted by molar-refractivity contribution is -0.131. The fourth-order valence-corrected chi connectivity index (χ4v) is 2.90. The molecule has 1 fully saturated rings. The molecule has 1 N–H and O–H groups in total. The van der Waals surface area contributed by atoms with E-state index in [9.17, 15) is 4.79 Å². The van der Waals surface area contributed by atoms with Gasteiger partial charge in [0.15, 0.2) is 0 Å².